The van der Waals surface area contributed by atoms with E-state index in [1.54, 1.807) is 24.4 Å². The topological polar surface area (TPSA) is 127 Å². The van der Waals surface area contributed by atoms with Crippen molar-refractivity contribution in [2.24, 2.45) is 5.73 Å². The molecule has 33 heavy (non-hydrogen) atoms. The molecule has 1 saturated heterocycles. The Balaban J connectivity index is 1.46. The Hall–Kier alpha value is -3.97. The fraction of sp³-hybridized carbons (Fsp3) is 0.261. The van der Waals surface area contributed by atoms with E-state index in [-0.39, 0.29) is 18.0 Å². The summed E-state index contributed by atoms with van der Waals surface area (Å²) in [5.41, 5.74) is 8.18. The molecule has 2 atom stereocenters. The first-order chi connectivity index (χ1) is 15.8. The Labute approximate surface area is 188 Å². The summed E-state index contributed by atoms with van der Waals surface area (Å²) in [5, 5.41) is 15.0. The highest BCUT2D eigenvalue weighted by Gasteiger charge is 2.31. The van der Waals surface area contributed by atoms with Crippen LogP contribution < -0.4 is 16.4 Å². The molecule has 0 saturated carbocycles. The number of urea groups is 1. The van der Waals surface area contributed by atoms with Crippen LogP contribution in [0.25, 0.3) is 10.9 Å². The first kappa shape index (κ1) is 22.2. The number of likely N-dealkylation sites (tertiary alicyclic amines) is 1. The second kappa shape index (κ2) is 9.26. The monoisotopic (exact) mass is 452 g/mol. The highest BCUT2D eigenvalue weighted by Crippen LogP contribution is 2.25. The summed E-state index contributed by atoms with van der Waals surface area (Å²) in [5.74, 6) is -1.86. The molecule has 1 aliphatic heterocycles. The number of H-pyrrole nitrogens is 1. The molecule has 1 fully saturated rings. The van der Waals surface area contributed by atoms with E-state index in [1.807, 2.05) is 0 Å². The second-order valence-electron chi connectivity index (χ2n) is 7.94. The maximum absolute atomic E-state index is 13.3. The van der Waals surface area contributed by atoms with Crippen molar-refractivity contribution in [2.45, 2.75) is 31.3 Å². The summed E-state index contributed by atoms with van der Waals surface area (Å²) >= 11 is 0. The lowest BCUT2D eigenvalue weighted by atomic mass is 10.0. The molecule has 3 aromatic rings. The minimum atomic E-state index is -0.805. The van der Waals surface area contributed by atoms with Crippen molar-refractivity contribution in [3.8, 4) is 6.07 Å². The molecule has 1 unspecified atom stereocenters. The summed E-state index contributed by atoms with van der Waals surface area (Å²) < 4.78 is 26.6. The van der Waals surface area contributed by atoms with E-state index in [9.17, 15) is 23.6 Å². The third kappa shape index (κ3) is 4.94. The minimum Gasteiger partial charge on any atom is -0.361 e. The Bertz CT molecular complexity index is 1230. The lowest BCUT2D eigenvalue weighted by Gasteiger charge is -2.23. The van der Waals surface area contributed by atoms with Gasteiger partial charge in [0.1, 0.15) is 17.7 Å². The van der Waals surface area contributed by atoms with Gasteiger partial charge in [0.25, 0.3) is 0 Å². The highest BCUT2D eigenvalue weighted by molar-refractivity contribution is 6.01. The zero-order valence-corrected chi connectivity index (χ0v) is 17.6. The van der Waals surface area contributed by atoms with E-state index >= 15 is 0 Å². The van der Waals surface area contributed by atoms with Gasteiger partial charge in [-0.1, -0.05) is 0 Å². The number of fused-ring (bicyclic) bond motifs is 1. The van der Waals surface area contributed by atoms with Gasteiger partial charge in [0.05, 0.1) is 12.1 Å². The van der Waals surface area contributed by atoms with Gasteiger partial charge in [-0.2, -0.15) is 5.26 Å². The van der Waals surface area contributed by atoms with Crippen molar-refractivity contribution in [2.75, 3.05) is 17.2 Å². The van der Waals surface area contributed by atoms with Crippen LogP contribution in [0.4, 0.5) is 25.0 Å². The smallest absolute Gasteiger partial charge is 0.323 e. The van der Waals surface area contributed by atoms with E-state index < -0.39 is 29.7 Å². The molecule has 0 spiro atoms. The number of hydrogen-bond acceptors (Lipinski definition) is 4. The van der Waals surface area contributed by atoms with Crippen LogP contribution in [0.1, 0.15) is 18.4 Å². The third-order valence-electron chi connectivity index (χ3n) is 5.59. The normalized spacial score (nSPS) is 16.4. The van der Waals surface area contributed by atoms with Gasteiger partial charge in [-0.3, -0.25) is 4.79 Å². The Morgan fingerprint density at radius 1 is 1.18 bits per heavy atom. The number of aromatic amines is 1. The Morgan fingerprint density at radius 3 is 2.64 bits per heavy atom. The molecule has 10 heteroatoms. The number of hydrogen-bond donors (Lipinski definition) is 4. The molecule has 2 heterocycles. The van der Waals surface area contributed by atoms with Gasteiger partial charge in [-0.05, 0) is 55.2 Å². The Morgan fingerprint density at radius 2 is 1.91 bits per heavy atom. The molecule has 0 radical (unpaired) electrons. The van der Waals surface area contributed by atoms with Crippen molar-refractivity contribution in [1.29, 1.82) is 5.26 Å². The molecule has 1 aromatic heterocycles. The number of nitrogens with zero attached hydrogens (tertiary/aromatic N) is 2. The van der Waals surface area contributed by atoms with Crippen LogP contribution >= 0.6 is 0 Å². The van der Waals surface area contributed by atoms with Crippen LogP contribution in [-0.4, -0.2) is 40.5 Å². The number of halogens is 2. The molecular formula is C23H22F2N6O2. The number of nitrogens with one attached hydrogen (secondary N) is 3. The number of anilines is 2. The van der Waals surface area contributed by atoms with Gasteiger partial charge >= 0.3 is 6.03 Å². The number of carbonyl (C=O) groups excluding carboxylic acids is 2. The van der Waals surface area contributed by atoms with Crippen molar-refractivity contribution in [1.82, 2.24) is 9.88 Å². The average Bonchev–Trinajstić information content (AvgIpc) is 3.39. The van der Waals surface area contributed by atoms with E-state index in [2.05, 4.69) is 21.7 Å². The number of rotatable bonds is 5. The van der Waals surface area contributed by atoms with Crippen molar-refractivity contribution < 1.29 is 18.4 Å². The first-order valence-electron chi connectivity index (χ1n) is 10.4. The molecule has 8 nitrogen and oxygen atoms in total. The van der Waals surface area contributed by atoms with Crippen LogP contribution in [0, 0.1) is 23.0 Å². The van der Waals surface area contributed by atoms with Crippen LogP contribution in [0.2, 0.25) is 0 Å². The van der Waals surface area contributed by atoms with Gasteiger partial charge in [-0.25, -0.2) is 13.6 Å². The SMILES string of the molecule is N#C[C@@H]1CCCN1C(=O)C(N)Cc1c[nH]c2ccc(NC(=O)Nc3cc(F)cc(F)c3)cc12. The molecular weight excluding hydrogens is 430 g/mol. The van der Waals surface area contributed by atoms with Crippen LogP contribution in [-0.2, 0) is 11.2 Å². The van der Waals surface area contributed by atoms with Gasteiger partial charge < -0.3 is 26.3 Å². The van der Waals surface area contributed by atoms with Gasteiger partial charge in [0.2, 0.25) is 5.91 Å². The zero-order valence-electron chi connectivity index (χ0n) is 17.6. The molecule has 5 N–H and O–H groups in total. The Kier molecular flexibility index (Phi) is 6.24. The summed E-state index contributed by atoms with van der Waals surface area (Å²) in [6, 6.07) is 8.11. The molecule has 2 aromatic carbocycles. The molecule has 0 aliphatic carbocycles. The lowest BCUT2D eigenvalue weighted by Crippen LogP contribution is -2.46. The van der Waals surface area contributed by atoms with Gasteiger partial charge in [-0.15, -0.1) is 0 Å². The predicted molar refractivity (Wildman–Crippen MR) is 119 cm³/mol. The average molecular weight is 452 g/mol. The standard InChI is InChI=1S/C23H22F2N6O2/c24-14-7-15(25)9-17(8-14)30-23(33)29-16-3-4-21-19(10-16)13(12-28-21)6-20(27)22(32)31-5-1-2-18(31)11-26/h3-4,7-10,12,18,20,28H,1-2,5-6,27H2,(H2,29,30,33)/t18-,20?/m0/s1. The summed E-state index contributed by atoms with van der Waals surface area (Å²) in [4.78, 5) is 29.6. The van der Waals surface area contributed by atoms with Crippen LogP contribution in [0.5, 0.6) is 0 Å². The third-order valence-corrected chi connectivity index (χ3v) is 5.59. The summed E-state index contributed by atoms with van der Waals surface area (Å²) in [6.07, 6.45) is 3.44. The van der Waals surface area contributed by atoms with E-state index in [0.717, 1.165) is 35.0 Å². The van der Waals surface area contributed by atoms with Crippen LogP contribution in [0.15, 0.2) is 42.6 Å². The van der Waals surface area contributed by atoms with Crippen molar-refractivity contribution in [3.05, 3.63) is 59.8 Å². The maximum atomic E-state index is 13.3. The largest absolute Gasteiger partial charge is 0.361 e. The summed E-state index contributed by atoms with van der Waals surface area (Å²) in [7, 11) is 0. The fourth-order valence-corrected chi connectivity index (χ4v) is 4.05. The molecule has 4 rings (SSSR count). The molecule has 3 amide bonds. The van der Waals surface area contributed by atoms with Crippen molar-refractivity contribution in [3.63, 3.8) is 0 Å². The van der Waals surface area contributed by atoms with Gasteiger partial charge in [0, 0.05) is 41.1 Å². The molecule has 170 valence electrons. The zero-order chi connectivity index (χ0) is 23.5. The second-order valence-corrected chi connectivity index (χ2v) is 7.94. The van der Waals surface area contributed by atoms with E-state index in [1.165, 1.54) is 4.90 Å². The van der Waals surface area contributed by atoms with E-state index in [0.29, 0.717) is 24.7 Å². The molecule has 0 bridgehead atoms. The number of aromatic nitrogens is 1. The lowest BCUT2D eigenvalue weighted by molar-refractivity contribution is -0.132. The van der Waals surface area contributed by atoms with E-state index in [4.69, 9.17) is 5.73 Å². The first-order valence-corrected chi connectivity index (χ1v) is 10.4. The van der Waals surface area contributed by atoms with Crippen LogP contribution in [0.3, 0.4) is 0 Å². The van der Waals surface area contributed by atoms with Crippen molar-refractivity contribution >= 4 is 34.2 Å². The predicted octanol–water partition coefficient (Wildman–Crippen LogP) is 3.47. The number of benzene rings is 2. The highest BCUT2D eigenvalue weighted by atomic mass is 19.1. The maximum Gasteiger partial charge on any atom is 0.323 e. The minimum absolute atomic E-state index is 0.0181. The van der Waals surface area contributed by atoms with Gasteiger partial charge in [0.15, 0.2) is 0 Å². The number of carbonyl (C=O) groups is 2. The number of nitrogens with two attached hydrogens (primary N) is 1. The number of amides is 3. The quantitative estimate of drug-likeness (QED) is 0.473. The number of nitriles is 1. The molecule has 1 aliphatic rings. The fourth-order valence-electron chi connectivity index (χ4n) is 4.05. The summed E-state index contributed by atoms with van der Waals surface area (Å²) in [6.45, 7) is 0.525.